The second kappa shape index (κ2) is 11.3. The summed E-state index contributed by atoms with van der Waals surface area (Å²) >= 11 is 0. The van der Waals surface area contributed by atoms with Crippen molar-refractivity contribution in [3.8, 4) is 0 Å². The third kappa shape index (κ3) is 11.0. The van der Waals surface area contributed by atoms with Crippen molar-refractivity contribution in [2.24, 2.45) is 0 Å². The highest BCUT2D eigenvalue weighted by atomic mass is 16.6. The Morgan fingerprint density at radius 1 is 0.524 bits per heavy atom. The minimum Gasteiger partial charge on any atom is -0.377 e. The number of epoxide rings is 2. The number of rotatable bonds is 16. The van der Waals surface area contributed by atoms with Gasteiger partial charge in [0.05, 0.1) is 79.3 Å². The van der Waals surface area contributed by atoms with Crippen molar-refractivity contribution in [3.05, 3.63) is 0 Å². The van der Waals surface area contributed by atoms with Crippen LogP contribution in [0.5, 0.6) is 0 Å². The van der Waals surface area contributed by atoms with E-state index in [1.807, 2.05) is 0 Å². The summed E-state index contributed by atoms with van der Waals surface area (Å²) in [5.41, 5.74) is 0. The molecule has 7 heteroatoms. The van der Waals surface area contributed by atoms with Gasteiger partial charge < -0.3 is 33.2 Å². The monoisotopic (exact) mass is 306 g/mol. The molecule has 2 heterocycles. The molecule has 7 nitrogen and oxygen atoms in total. The summed E-state index contributed by atoms with van der Waals surface area (Å²) in [6, 6.07) is 0. The van der Waals surface area contributed by atoms with E-state index in [2.05, 4.69) is 0 Å². The van der Waals surface area contributed by atoms with E-state index in [9.17, 15) is 0 Å². The maximum atomic E-state index is 5.37. The lowest BCUT2D eigenvalue weighted by atomic mass is 10.5. The van der Waals surface area contributed by atoms with Crippen LogP contribution in [0.15, 0.2) is 0 Å². The topological polar surface area (TPSA) is 71.2 Å². The van der Waals surface area contributed by atoms with Crippen LogP contribution in [-0.4, -0.2) is 91.5 Å². The predicted molar refractivity (Wildman–Crippen MR) is 73.6 cm³/mol. The van der Waals surface area contributed by atoms with Gasteiger partial charge in [0, 0.05) is 0 Å². The average molecular weight is 306 g/mol. The van der Waals surface area contributed by atoms with Crippen molar-refractivity contribution in [1.82, 2.24) is 0 Å². The van der Waals surface area contributed by atoms with Crippen molar-refractivity contribution in [1.29, 1.82) is 0 Å². The van der Waals surface area contributed by atoms with Crippen LogP contribution >= 0.6 is 0 Å². The summed E-state index contributed by atoms with van der Waals surface area (Å²) in [5, 5.41) is 0. The fraction of sp³-hybridized carbons (Fsp3) is 1.00. The van der Waals surface area contributed by atoms with Crippen LogP contribution in [0.4, 0.5) is 0 Å². The first-order chi connectivity index (χ1) is 10.4. The molecule has 2 saturated heterocycles. The Morgan fingerprint density at radius 2 is 0.810 bits per heavy atom. The molecule has 0 aromatic heterocycles. The largest absolute Gasteiger partial charge is 0.377 e. The lowest BCUT2D eigenvalue weighted by Gasteiger charge is -2.07. The van der Waals surface area contributed by atoms with Gasteiger partial charge in [0.2, 0.25) is 0 Å². The summed E-state index contributed by atoms with van der Waals surface area (Å²) < 4.78 is 36.8. The molecule has 0 N–H and O–H groups in total. The molecule has 2 fully saturated rings. The van der Waals surface area contributed by atoms with Crippen LogP contribution in [0, 0.1) is 0 Å². The standard InChI is InChI=1S/C14H26O7/c1(3-16-5-7-18-9-13-11-20-13)15-2-4-17-6-8-19-10-14-12-21-14/h13-14H,1-12H2. The van der Waals surface area contributed by atoms with Crippen molar-refractivity contribution in [2.45, 2.75) is 12.2 Å². The van der Waals surface area contributed by atoms with E-state index in [-0.39, 0.29) is 0 Å². The third-order valence-electron chi connectivity index (χ3n) is 2.90. The van der Waals surface area contributed by atoms with Gasteiger partial charge in [-0.05, 0) is 0 Å². The molecule has 0 radical (unpaired) electrons. The molecule has 0 spiro atoms. The number of hydrogen-bond donors (Lipinski definition) is 0. The van der Waals surface area contributed by atoms with Gasteiger partial charge in [-0.15, -0.1) is 0 Å². The van der Waals surface area contributed by atoms with E-state index in [0.717, 1.165) is 13.2 Å². The van der Waals surface area contributed by atoms with Crippen molar-refractivity contribution in [2.75, 3.05) is 79.3 Å². The maximum Gasteiger partial charge on any atom is 0.104 e. The van der Waals surface area contributed by atoms with E-state index in [4.69, 9.17) is 33.2 Å². The van der Waals surface area contributed by atoms with Crippen LogP contribution in [0.2, 0.25) is 0 Å². The van der Waals surface area contributed by atoms with Gasteiger partial charge in [-0.25, -0.2) is 0 Å². The number of ether oxygens (including phenoxy) is 7. The highest BCUT2D eigenvalue weighted by Gasteiger charge is 2.22. The molecular formula is C14H26O7. The Bertz CT molecular complexity index is 219. The minimum atomic E-state index is 0.320. The highest BCUT2D eigenvalue weighted by molar-refractivity contribution is 4.67. The van der Waals surface area contributed by atoms with Crippen LogP contribution in [0.1, 0.15) is 0 Å². The van der Waals surface area contributed by atoms with Crippen LogP contribution < -0.4 is 0 Å². The molecule has 2 aliphatic rings. The van der Waals surface area contributed by atoms with E-state index >= 15 is 0 Å². The summed E-state index contributed by atoms with van der Waals surface area (Å²) in [7, 11) is 0. The van der Waals surface area contributed by atoms with E-state index in [1.165, 1.54) is 0 Å². The van der Waals surface area contributed by atoms with E-state index < -0.39 is 0 Å². The van der Waals surface area contributed by atoms with Crippen molar-refractivity contribution < 1.29 is 33.2 Å². The van der Waals surface area contributed by atoms with Gasteiger partial charge in [-0.3, -0.25) is 0 Å². The number of hydrogen-bond acceptors (Lipinski definition) is 7. The van der Waals surface area contributed by atoms with Crippen LogP contribution in [0.25, 0.3) is 0 Å². The first-order valence-corrected chi connectivity index (χ1v) is 7.57. The van der Waals surface area contributed by atoms with Gasteiger partial charge >= 0.3 is 0 Å². The molecule has 0 saturated carbocycles. The Balaban J connectivity index is 1.16. The maximum absolute atomic E-state index is 5.37. The highest BCUT2D eigenvalue weighted by Crippen LogP contribution is 2.08. The van der Waals surface area contributed by atoms with E-state index in [0.29, 0.717) is 78.3 Å². The van der Waals surface area contributed by atoms with Crippen LogP contribution in [0.3, 0.4) is 0 Å². The zero-order valence-electron chi connectivity index (χ0n) is 12.5. The van der Waals surface area contributed by atoms with Crippen molar-refractivity contribution in [3.63, 3.8) is 0 Å². The molecule has 0 amide bonds. The predicted octanol–water partition coefficient (Wildman–Crippen LogP) is -0.133. The summed E-state index contributed by atoms with van der Waals surface area (Å²) in [6.45, 7) is 7.71. The molecule has 0 aliphatic carbocycles. The van der Waals surface area contributed by atoms with Gasteiger partial charge in [-0.2, -0.15) is 0 Å². The van der Waals surface area contributed by atoms with E-state index in [1.54, 1.807) is 0 Å². The fourth-order valence-corrected chi connectivity index (χ4v) is 1.54. The molecule has 2 aliphatic heterocycles. The molecule has 0 aromatic rings. The summed E-state index contributed by atoms with van der Waals surface area (Å²) in [6.07, 6.45) is 0.640. The lowest BCUT2D eigenvalue weighted by molar-refractivity contribution is -0.0127. The fourth-order valence-electron chi connectivity index (χ4n) is 1.54. The Morgan fingerprint density at radius 3 is 1.10 bits per heavy atom. The Labute approximate surface area is 125 Å². The quantitative estimate of drug-likeness (QED) is 0.290. The first kappa shape index (κ1) is 17.1. The van der Waals surface area contributed by atoms with Crippen LogP contribution in [-0.2, 0) is 33.2 Å². The zero-order chi connectivity index (χ0) is 14.6. The molecular weight excluding hydrogens is 280 g/mol. The summed E-state index contributed by atoms with van der Waals surface area (Å²) in [5.74, 6) is 0. The molecule has 124 valence electrons. The second-order valence-corrected chi connectivity index (χ2v) is 4.90. The third-order valence-corrected chi connectivity index (χ3v) is 2.90. The molecule has 0 aromatic carbocycles. The van der Waals surface area contributed by atoms with Gasteiger partial charge in [0.15, 0.2) is 0 Å². The second-order valence-electron chi connectivity index (χ2n) is 4.90. The Kier molecular flexibility index (Phi) is 9.20. The smallest absolute Gasteiger partial charge is 0.104 e. The SMILES string of the molecule is C(COCCOCC1CO1)OCCOCCOCC1CO1. The first-order valence-electron chi connectivity index (χ1n) is 7.57. The summed E-state index contributed by atoms with van der Waals surface area (Å²) in [4.78, 5) is 0. The van der Waals surface area contributed by atoms with Gasteiger partial charge in [0.1, 0.15) is 12.2 Å². The molecule has 21 heavy (non-hydrogen) atoms. The van der Waals surface area contributed by atoms with Gasteiger partial charge in [-0.1, -0.05) is 0 Å². The molecule has 2 unspecified atom stereocenters. The normalized spacial score (nSPS) is 23.4. The van der Waals surface area contributed by atoms with Crippen molar-refractivity contribution >= 4 is 0 Å². The molecule has 0 bridgehead atoms. The minimum absolute atomic E-state index is 0.320. The molecule has 2 rings (SSSR count). The van der Waals surface area contributed by atoms with Gasteiger partial charge in [0.25, 0.3) is 0 Å². The average Bonchev–Trinajstić information content (AvgIpc) is 3.37. The molecule has 2 atom stereocenters. The zero-order valence-corrected chi connectivity index (χ0v) is 12.5. The Hall–Kier alpha value is -0.280. The lowest BCUT2D eigenvalue weighted by Crippen LogP contribution is -2.14.